The van der Waals surface area contributed by atoms with Gasteiger partial charge >= 0.3 is 0 Å². The highest BCUT2D eigenvalue weighted by atomic mass is 16.1. The Hall–Kier alpha value is -3.19. The molecule has 1 saturated heterocycles. The van der Waals surface area contributed by atoms with Crippen LogP contribution in [0.3, 0.4) is 0 Å². The zero-order chi connectivity index (χ0) is 22.1. The molecule has 0 radical (unpaired) electrons. The van der Waals surface area contributed by atoms with Gasteiger partial charge in [-0.1, -0.05) is 42.0 Å². The van der Waals surface area contributed by atoms with E-state index in [0.29, 0.717) is 11.9 Å². The van der Waals surface area contributed by atoms with Gasteiger partial charge in [0.15, 0.2) is 0 Å². The van der Waals surface area contributed by atoms with Gasteiger partial charge in [0.1, 0.15) is 22.9 Å². The number of aryl methyl sites for hydroxylation is 1. The summed E-state index contributed by atoms with van der Waals surface area (Å²) in [5.74, 6) is 1.59. The zero-order valence-electron chi connectivity index (χ0n) is 18.2. The van der Waals surface area contributed by atoms with Gasteiger partial charge in [-0.2, -0.15) is 0 Å². The third-order valence-electron chi connectivity index (χ3n) is 5.09. The van der Waals surface area contributed by atoms with Gasteiger partial charge < -0.3 is 11.5 Å². The predicted molar refractivity (Wildman–Crippen MR) is 123 cm³/mol. The first-order chi connectivity index (χ1) is 14.5. The number of anilines is 1. The minimum Gasteiger partial charge on any atom is -0.382 e. The highest BCUT2D eigenvalue weighted by molar-refractivity contribution is 5.85. The number of benzene rings is 1. The molecule has 7 nitrogen and oxygen atoms in total. The van der Waals surface area contributed by atoms with Gasteiger partial charge in [-0.25, -0.2) is 9.97 Å². The van der Waals surface area contributed by atoms with Gasteiger partial charge in [-0.15, -0.1) is 0 Å². The van der Waals surface area contributed by atoms with Crippen LogP contribution in [0.1, 0.15) is 44.1 Å². The van der Waals surface area contributed by atoms with E-state index in [9.17, 15) is 0 Å². The maximum absolute atomic E-state index is 8.58. The molecule has 30 heavy (non-hydrogen) atoms. The van der Waals surface area contributed by atoms with Crippen LogP contribution in [0.5, 0.6) is 0 Å². The summed E-state index contributed by atoms with van der Waals surface area (Å²) in [6.07, 6.45) is 10.3. The van der Waals surface area contributed by atoms with Crippen molar-refractivity contribution in [1.82, 2.24) is 19.3 Å². The normalized spacial score (nSPS) is 16.1. The minimum absolute atomic E-state index is 0.250. The first-order valence-corrected chi connectivity index (χ1v) is 10.1. The minimum atomic E-state index is 0.250. The third-order valence-corrected chi connectivity index (χ3v) is 5.09. The van der Waals surface area contributed by atoms with E-state index in [1.54, 1.807) is 6.20 Å². The number of allylic oxidation sites excluding steroid dienone is 2. The first-order valence-electron chi connectivity index (χ1n) is 10.1. The molecule has 1 amide bonds. The standard InChI is InChI=1S/C18H21N5.C4H8.CH3NO/c1-12-5-7-13(8-6-12)15-16-17(19)20-9-11-23(16)18(21-15)14-4-3-10-22(14)2;1-3-4-2;2-1-3/h5-9,11,14H,3-4,10H2,1-2H3,(H2,19,20);3-4H,1-2H3;1H,(H2,2,3)/b;4-3+;/t14-;;/m0../s1. The fourth-order valence-electron chi connectivity index (χ4n) is 3.47. The Labute approximate surface area is 178 Å². The van der Waals surface area contributed by atoms with Crippen LogP contribution in [0.15, 0.2) is 48.8 Å². The van der Waals surface area contributed by atoms with Crippen molar-refractivity contribution in [1.29, 1.82) is 0 Å². The SMILES string of the molecule is C/C=C/C.Cc1ccc(-c2nc([C@@H]3CCCN3C)n3ccnc(N)c23)cc1.NC=O. The van der Waals surface area contributed by atoms with Crippen molar-refractivity contribution < 1.29 is 4.79 Å². The number of rotatable bonds is 2. The maximum Gasteiger partial charge on any atom is 0.204 e. The number of nitrogens with zero attached hydrogens (tertiary/aromatic N) is 4. The molecule has 0 unspecified atom stereocenters. The zero-order valence-corrected chi connectivity index (χ0v) is 18.2. The van der Waals surface area contributed by atoms with Crippen LogP contribution >= 0.6 is 0 Å². The fraction of sp³-hybridized carbons (Fsp3) is 0.348. The van der Waals surface area contributed by atoms with Crippen molar-refractivity contribution in [3.8, 4) is 11.3 Å². The van der Waals surface area contributed by atoms with E-state index >= 15 is 0 Å². The van der Waals surface area contributed by atoms with Crippen LogP contribution in [-0.2, 0) is 4.79 Å². The molecule has 0 saturated carbocycles. The summed E-state index contributed by atoms with van der Waals surface area (Å²) in [5, 5.41) is 0. The number of aromatic nitrogens is 3. The van der Waals surface area contributed by atoms with Crippen molar-refractivity contribution in [2.45, 2.75) is 39.7 Å². The average Bonchev–Trinajstić information content (AvgIpc) is 3.33. The van der Waals surface area contributed by atoms with Crippen molar-refractivity contribution in [3.05, 3.63) is 60.2 Å². The van der Waals surface area contributed by atoms with Crippen LogP contribution in [0, 0.1) is 6.92 Å². The third kappa shape index (κ3) is 5.24. The van der Waals surface area contributed by atoms with E-state index in [2.05, 4.69) is 58.3 Å². The molecule has 1 aromatic carbocycles. The lowest BCUT2D eigenvalue weighted by atomic mass is 10.1. The number of nitrogens with two attached hydrogens (primary N) is 2. The Morgan fingerprint density at radius 1 is 1.17 bits per heavy atom. The fourth-order valence-corrected chi connectivity index (χ4v) is 3.47. The quantitative estimate of drug-likeness (QED) is 0.497. The maximum atomic E-state index is 8.58. The van der Waals surface area contributed by atoms with E-state index in [4.69, 9.17) is 15.5 Å². The number of imidazole rings is 1. The van der Waals surface area contributed by atoms with Crippen molar-refractivity contribution in [2.75, 3.05) is 19.3 Å². The Morgan fingerprint density at radius 2 is 1.80 bits per heavy atom. The molecule has 1 aliphatic rings. The van der Waals surface area contributed by atoms with Crippen LogP contribution in [0.4, 0.5) is 5.82 Å². The molecule has 0 aliphatic carbocycles. The van der Waals surface area contributed by atoms with Gasteiger partial charge in [0, 0.05) is 18.0 Å². The van der Waals surface area contributed by atoms with Crippen molar-refractivity contribution >= 4 is 17.7 Å². The summed E-state index contributed by atoms with van der Waals surface area (Å²) < 4.78 is 2.12. The van der Waals surface area contributed by atoms with E-state index in [0.717, 1.165) is 35.6 Å². The summed E-state index contributed by atoms with van der Waals surface area (Å²) in [4.78, 5) is 20.2. The number of primary amides is 1. The number of hydrogen-bond acceptors (Lipinski definition) is 5. The summed E-state index contributed by atoms with van der Waals surface area (Å²) in [6, 6.07) is 8.75. The van der Waals surface area contributed by atoms with E-state index in [-0.39, 0.29) is 6.41 Å². The Kier molecular flexibility index (Phi) is 8.55. The highest BCUT2D eigenvalue weighted by Crippen LogP contribution is 2.35. The van der Waals surface area contributed by atoms with E-state index < -0.39 is 0 Å². The lowest BCUT2D eigenvalue weighted by Crippen LogP contribution is -2.19. The number of carbonyl (C=O) groups is 1. The number of nitrogen functional groups attached to an aromatic ring is 1. The van der Waals surface area contributed by atoms with Gasteiger partial charge in [0.25, 0.3) is 0 Å². The lowest BCUT2D eigenvalue weighted by molar-refractivity contribution is -0.106. The molecular formula is C23H32N6O. The molecule has 4 rings (SSSR count). The highest BCUT2D eigenvalue weighted by Gasteiger charge is 2.28. The Balaban J connectivity index is 0.000000403. The van der Waals surface area contributed by atoms with E-state index in [1.807, 2.05) is 32.2 Å². The van der Waals surface area contributed by atoms with Gasteiger partial charge in [-0.3, -0.25) is 14.1 Å². The molecule has 3 heterocycles. The van der Waals surface area contributed by atoms with Gasteiger partial charge in [0.2, 0.25) is 6.41 Å². The van der Waals surface area contributed by atoms with Crippen LogP contribution in [0.25, 0.3) is 16.8 Å². The molecule has 4 N–H and O–H groups in total. The predicted octanol–water partition coefficient (Wildman–Crippen LogP) is 3.74. The molecular weight excluding hydrogens is 376 g/mol. The smallest absolute Gasteiger partial charge is 0.204 e. The number of carbonyl (C=O) groups excluding carboxylic acids is 1. The molecule has 160 valence electrons. The summed E-state index contributed by atoms with van der Waals surface area (Å²) in [6.45, 7) is 7.20. The molecule has 1 fully saturated rings. The molecule has 1 aliphatic heterocycles. The largest absolute Gasteiger partial charge is 0.382 e. The second-order valence-electron chi connectivity index (χ2n) is 7.16. The van der Waals surface area contributed by atoms with Gasteiger partial charge in [-0.05, 0) is 47.2 Å². The second kappa shape index (κ2) is 11.1. The van der Waals surface area contributed by atoms with Crippen LogP contribution < -0.4 is 11.5 Å². The lowest BCUT2D eigenvalue weighted by Gasteiger charge is -2.18. The molecule has 1 atom stereocenters. The number of hydrogen-bond donors (Lipinski definition) is 2. The summed E-state index contributed by atoms with van der Waals surface area (Å²) >= 11 is 0. The second-order valence-corrected chi connectivity index (χ2v) is 7.16. The van der Waals surface area contributed by atoms with Crippen molar-refractivity contribution in [3.63, 3.8) is 0 Å². The molecule has 2 aromatic heterocycles. The molecule has 7 heteroatoms. The van der Waals surface area contributed by atoms with Crippen LogP contribution in [-0.4, -0.2) is 39.3 Å². The topological polar surface area (TPSA) is 103 Å². The van der Waals surface area contributed by atoms with E-state index in [1.165, 1.54) is 12.0 Å². The average molecular weight is 409 g/mol. The number of amides is 1. The van der Waals surface area contributed by atoms with Crippen molar-refractivity contribution in [2.24, 2.45) is 5.73 Å². The van der Waals surface area contributed by atoms with Gasteiger partial charge in [0.05, 0.1) is 6.04 Å². The summed E-state index contributed by atoms with van der Waals surface area (Å²) in [5.41, 5.74) is 14.5. The van der Waals surface area contributed by atoms with Crippen LogP contribution in [0.2, 0.25) is 0 Å². The number of likely N-dealkylation sites (tertiary alicyclic amines) is 1. The summed E-state index contributed by atoms with van der Waals surface area (Å²) in [7, 11) is 2.16. The first kappa shape index (κ1) is 23.1. The Bertz CT molecular complexity index is 973. The monoisotopic (exact) mass is 408 g/mol. The number of fused-ring (bicyclic) bond motifs is 1. The molecule has 3 aromatic rings. The molecule has 0 spiro atoms. The Morgan fingerprint density at radius 3 is 2.33 bits per heavy atom. The molecule has 0 bridgehead atoms.